The maximum atomic E-state index is 13.5. The lowest BCUT2D eigenvalue weighted by Crippen LogP contribution is -1.85. The molecule has 1 nitrogen and oxygen atoms in total. The molecule has 0 unspecified atom stereocenters. The van der Waals surface area contributed by atoms with Crippen molar-refractivity contribution in [3.05, 3.63) is 54.1 Å². The Bertz CT molecular complexity index is 438. The fourth-order valence-electron chi connectivity index (χ4n) is 1.38. The molecule has 0 N–H and O–H groups in total. The Hall–Kier alpha value is -1.70. The highest BCUT2D eigenvalue weighted by Gasteiger charge is 2.03. The summed E-state index contributed by atoms with van der Waals surface area (Å²) >= 11 is 0. The Morgan fingerprint density at radius 1 is 1.12 bits per heavy atom. The van der Waals surface area contributed by atoms with E-state index >= 15 is 0 Å². The largest absolute Gasteiger partial charge is 0.264 e. The summed E-state index contributed by atoms with van der Waals surface area (Å²) in [4.78, 5) is 3.96. The minimum atomic E-state index is -0.196. The Morgan fingerprint density at radius 3 is 2.44 bits per heavy atom. The van der Waals surface area contributed by atoms with Crippen molar-refractivity contribution in [1.29, 1.82) is 0 Å². The quantitative estimate of drug-likeness (QED) is 0.696. The molecule has 1 heterocycles. The summed E-state index contributed by atoms with van der Waals surface area (Å²) in [6, 6.07) is 8.85. The van der Waals surface area contributed by atoms with Crippen LogP contribution in [0.15, 0.2) is 42.7 Å². The molecule has 0 atom stereocenters. The van der Waals surface area contributed by atoms with Crippen molar-refractivity contribution in [2.24, 2.45) is 0 Å². The van der Waals surface area contributed by atoms with Gasteiger partial charge in [-0.15, -0.1) is 0 Å². The van der Waals surface area contributed by atoms with E-state index in [-0.39, 0.29) is 5.82 Å². The Balaban J connectivity index is 0.000000606. The minimum Gasteiger partial charge on any atom is -0.264 e. The predicted octanol–water partition coefficient (Wildman–Crippen LogP) is 4.22. The molecule has 0 fully saturated rings. The molecule has 16 heavy (non-hydrogen) atoms. The molecule has 1 aromatic carbocycles. The normalized spacial score (nSPS) is 9.25. The number of aryl methyl sites for hydroxylation is 1. The molecule has 0 aliphatic carbocycles. The molecule has 0 aliphatic heterocycles. The molecular weight excluding hydrogens is 201 g/mol. The maximum Gasteiger partial charge on any atom is 0.131 e. The zero-order valence-electron chi connectivity index (χ0n) is 9.87. The fourth-order valence-corrected chi connectivity index (χ4v) is 1.38. The van der Waals surface area contributed by atoms with Crippen molar-refractivity contribution in [2.45, 2.75) is 20.8 Å². The molecular formula is C14H16FN. The van der Waals surface area contributed by atoms with E-state index in [0.29, 0.717) is 5.56 Å². The van der Waals surface area contributed by atoms with Crippen molar-refractivity contribution < 1.29 is 4.39 Å². The van der Waals surface area contributed by atoms with Gasteiger partial charge in [-0.25, -0.2) is 4.39 Å². The second-order valence-electron chi connectivity index (χ2n) is 3.23. The lowest BCUT2D eigenvalue weighted by molar-refractivity contribution is 0.630. The number of hydrogen-bond donors (Lipinski definition) is 0. The summed E-state index contributed by atoms with van der Waals surface area (Å²) in [5.41, 5.74) is 2.34. The third-order valence-electron chi connectivity index (χ3n) is 2.10. The van der Waals surface area contributed by atoms with E-state index in [1.54, 1.807) is 24.5 Å². The first-order valence-electron chi connectivity index (χ1n) is 5.44. The van der Waals surface area contributed by atoms with E-state index in [4.69, 9.17) is 0 Å². The smallest absolute Gasteiger partial charge is 0.131 e. The molecule has 2 aromatic rings. The highest BCUT2D eigenvalue weighted by molar-refractivity contribution is 5.63. The van der Waals surface area contributed by atoms with Gasteiger partial charge in [0, 0.05) is 23.5 Å². The van der Waals surface area contributed by atoms with Crippen molar-refractivity contribution in [1.82, 2.24) is 4.98 Å². The van der Waals surface area contributed by atoms with Crippen LogP contribution in [0, 0.1) is 12.7 Å². The van der Waals surface area contributed by atoms with E-state index < -0.39 is 0 Å². The second kappa shape index (κ2) is 6.01. The topological polar surface area (TPSA) is 12.9 Å². The van der Waals surface area contributed by atoms with Gasteiger partial charge < -0.3 is 0 Å². The molecule has 0 saturated heterocycles. The monoisotopic (exact) mass is 217 g/mol. The van der Waals surface area contributed by atoms with E-state index in [0.717, 1.165) is 11.1 Å². The summed E-state index contributed by atoms with van der Waals surface area (Å²) in [6.45, 7) is 5.87. The summed E-state index contributed by atoms with van der Waals surface area (Å²) < 4.78 is 13.5. The fraction of sp³-hybridized carbons (Fsp3) is 0.214. The third kappa shape index (κ3) is 2.89. The Morgan fingerprint density at radius 2 is 1.88 bits per heavy atom. The van der Waals surface area contributed by atoms with Crippen molar-refractivity contribution in [2.75, 3.05) is 0 Å². The van der Waals surface area contributed by atoms with Crippen LogP contribution in [0.4, 0.5) is 4.39 Å². The zero-order chi connectivity index (χ0) is 12.0. The van der Waals surface area contributed by atoms with E-state index in [9.17, 15) is 4.39 Å². The Labute approximate surface area is 96.0 Å². The number of rotatable bonds is 1. The summed E-state index contributed by atoms with van der Waals surface area (Å²) in [7, 11) is 0. The van der Waals surface area contributed by atoms with Crippen LogP contribution in [0.5, 0.6) is 0 Å². The summed E-state index contributed by atoms with van der Waals surface area (Å²) in [5, 5.41) is 0. The first kappa shape index (κ1) is 12.4. The van der Waals surface area contributed by atoms with Gasteiger partial charge >= 0.3 is 0 Å². The molecule has 2 heteroatoms. The maximum absolute atomic E-state index is 13.5. The van der Waals surface area contributed by atoms with E-state index in [2.05, 4.69) is 4.98 Å². The van der Waals surface area contributed by atoms with Gasteiger partial charge in [0.2, 0.25) is 0 Å². The van der Waals surface area contributed by atoms with Gasteiger partial charge in [-0.05, 0) is 24.6 Å². The van der Waals surface area contributed by atoms with Crippen molar-refractivity contribution >= 4 is 0 Å². The zero-order valence-corrected chi connectivity index (χ0v) is 9.87. The van der Waals surface area contributed by atoms with Crippen LogP contribution >= 0.6 is 0 Å². The highest BCUT2D eigenvalue weighted by atomic mass is 19.1. The highest BCUT2D eigenvalue weighted by Crippen LogP contribution is 2.22. The van der Waals surface area contributed by atoms with Crippen LogP contribution in [0.1, 0.15) is 19.4 Å². The van der Waals surface area contributed by atoms with Gasteiger partial charge in [0.1, 0.15) is 5.82 Å². The Kier molecular flexibility index (Phi) is 4.65. The SMILES string of the molecule is CC.Cc1ccc(-c2cccnc2)c(F)c1. The van der Waals surface area contributed by atoms with Gasteiger partial charge in [0.25, 0.3) is 0 Å². The number of benzene rings is 1. The third-order valence-corrected chi connectivity index (χ3v) is 2.10. The van der Waals surface area contributed by atoms with Crippen LogP contribution < -0.4 is 0 Å². The van der Waals surface area contributed by atoms with Crippen LogP contribution in [0.2, 0.25) is 0 Å². The molecule has 0 saturated carbocycles. The summed E-state index contributed by atoms with van der Waals surface area (Å²) in [5.74, 6) is -0.196. The number of aromatic nitrogens is 1. The van der Waals surface area contributed by atoms with Crippen LogP contribution in [0.3, 0.4) is 0 Å². The number of pyridine rings is 1. The average molecular weight is 217 g/mol. The standard InChI is InChI=1S/C12H10FN.C2H6/c1-9-4-5-11(12(13)7-9)10-3-2-6-14-8-10;1-2/h2-8H,1H3;1-2H3. The molecule has 0 aliphatic rings. The first-order chi connectivity index (χ1) is 7.77. The minimum absolute atomic E-state index is 0.196. The number of hydrogen-bond acceptors (Lipinski definition) is 1. The lowest BCUT2D eigenvalue weighted by Gasteiger charge is -2.03. The van der Waals surface area contributed by atoms with Gasteiger partial charge in [-0.3, -0.25) is 4.98 Å². The van der Waals surface area contributed by atoms with E-state index in [1.165, 1.54) is 6.07 Å². The van der Waals surface area contributed by atoms with E-state index in [1.807, 2.05) is 32.9 Å². The second-order valence-corrected chi connectivity index (χ2v) is 3.23. The van der Waals surface area contributed by atoms with Crippen LogP contribution in [-0.2, 0) is 0 Å². The lowest BCUT2D eigenvalue weighted by atomic mass is 10.1. The molecule has 1 aromatic heterocycles. The van der Waals surface area contributed by atoms with Crippen LogP contribution in [0.25, 0.3) is 11.1 Å². The van der Waals surface area contributed by atoms with Crippen molar-refractivity contribution in [3.63, 3.8) is 0 Å². The van der Waals surface area contributed by atoms with Gasteiger partial charge in [0.05, 0.1) is 0 Å². The van der Waals surface area contributed by atoms with Crippen LogP contribution in [-0.4, -0.2) is 4.98 Å². The van der Waals surface area contributed by atoms with Gasteiger partial charge in [-0.2, -0.15) is 0 Å². The van der Waals surface area contributed by atoms with Crippen molar-refractivity contribution in [3.8, 4) is 11.1 Å². The number of nitrogens with zero attached hydrogens (tertiary/aromatic N) is 1. The average Bonchev–Trinajstić information content (AvgIpc) is 2.33. The predicted molar refractivity (Wildman–Crippen MR) is 65.7 cm³/mol. The molecule has 2 rings (SSSR count). The number of halogens is 1. The van der Waals surface area contributed by atoms with Gasteiger partial charge in [-0.1, -0.05) is 32.0 Å². The molecule has 0 radical (unpaired) electrons. The molecule has 0 spiro atoms. The van der Waals surface area contributed by atoms with Gasteiger partial charge in [0.15, 0.2) is 0 Å². The first-order valence-corrected chi connectivity index (χ1v) is 5.44. The molecule has 0 bridgehead atoms. The summed E-state index contributed by atoms with van der Waals surface area (Å²) in [6.07, 6.45) is 3.34. The molecule has 0 amide bonds. The molecule has 84 valence electrons.